The maximum absolute atomic E-state index is 13.1. The van der Waals surface area contributed by atoms with Crippen LogP contribution in [0.4, 0.5) is 10.3 Å². The first-order valence-electron chi connectivity index (χ1n) is 6.03. The Kier molecular flexibility index (Phi) is 3.57. The van der Waals surface area contributed by atoms with Gasteiger partial charge in [-0.1, -0.05) is 40.5 Å². The Labute approximate surface area is 130 Å². The van der Waals surface area contributed by atoms with Crippen molar-refractivity contribution in [1.29, 1.82) is 0 Å². The highest BCUT2D eigenvalue weighted by atomic mass is 35.5. The van der Waals surface area contributed by atoms with Crippen LogP contribution in [-0.2, 0) is 0 Å². The van der Waals surface area contributed by atoms with E-state index in [0.717, 1.165) is 0 Å². The summed E-state index contributed by atoms with van der Waals surface area (Å²) in [5.74, 6) is -0.205. The Morgan fingerprint density at radius 1 is 1.05 bits per heavy atom. The second kappa shape index (κ2) is 5.39. The van der Waals surface area contributed by atoms with Crippen molar-refractivity contribution in [2.24, 2.45) is 0 Å². The van der Waals surface area contributed by atoms with Crippen molar-refractivity contribution >= 4 is 29.1 Å². The first-order valence-corrected chi connectivity index (χ1v) is 6.78. The lowest BCUT2D eigenvalue weighted by atomic mass is 10.0. The molecule has 0 spiro atoms. The van der Waals surface area contributed by atoms with Gasteiger partial charge in [0.05, 0.1) is 10.6 Å². The topological polar surface area (TPSA) is 52.0 Å². The molecule has 6 heteroatoms. The van der Waals surface area contributed by atoms with Crippen LogP contribution >= 0.6 is 23.2 Å². The molecule has 0 amide bonds. The molecule has 0 aliphatic carbocycles. The molecule has 0 bridgehead atoms. The Bertz CT molecular complexity index is 800. The SMILES string of the molecule is Nc1onc(-c2cc(Cl)ccc2Cl)c1-c1ccc(F)cc1. The quantitative estimate of drug-likeness (QED) is 0.719. The lowest BCUT2D eigenvalue weighted by Gasteiger charge is -2.05. The van der Waals surface area contributed by atoms with Crippen molar-refractivity contribution in [1.82, 2.24) is 5.16 Å². The summed E-state index contributed by atoms with van der Waals surface area (Å²) >= 11 is 12.2. The summed E-state index contributed by atoms with van der Waals surface area (Å²) in [6.07, 6.45) is 0. The summed E-state index contributed by atoms with van der Waals surface area (Å²) in [7, 11) is 0. The maximum atomic E-state index is 13.1. The number of benzene rings is 2. The fraction of sp³-hybridized carbons (Fsp3) is 0. The van der Waals surface area contributed by atoms with Crippen LogP contribution in [-0.4, -0.2) is 5.16 Å². The molecule has 1 heterocycles. The molecule has 3 nitrogen and oxygen atoms in total. The molecule has 0 unspecified atom stereocenters. The third-order valence-corrected chi connectivity index (χ3v) is 3.60. The summed E-state index contributed by atoms with van der Waals surface area (Å²) in [5, 5.41) is 4.93. The van der Waals surface area contributed by atoms with Gasteiger partial charge in [-0.05, 0) is 35.9 Å². The molecule has 0 fully saturated rings. The molecule has 0 aliphatic rings. The van der Waals surface area contributed by atoms with Gasteiger partial charge in [0.1, 0.15) is 11.5 Å². The average Bonchev–Trinajstić information content (AvgIpc) is 2.84. The average molecular weight is 323 g/mol. The van der Waals surface area contributed by atoms with Gasteiger partial charge in [-0.3, -0.25) is 0 Å². The van der Waals surface area contributed by atoms with Crippen LogP contribution in [0.15, 0.2) is 47.0 Å². The van der Waals surface area contributed by atoms with Crippen LogP contribution in [0, 0.1) is 5.82 Å². The van der Waals surface area contributed by atoms with Crippen LogP contribution in [0.5, 0.6) is 0 Å². The summed E-state index contributed by atoms with van der Waals surface area (Å²) < 4.78 is 18.1. The predicted octanol–water partition coefficient (Wildman–Crippen LogP) is 5.04. The van der Waals surface area contributed by atoms with E-state index < -0.39 is 0 Å². The standard InChI is InChI=1S/C15H9Cl2FN2O/c16-9-3-6-12(17)11(7-9)14-13(15(19)21-20-14)8-1-4-10(18)5-2-8/h1-7H,19H2. The van der Waals surface area contributed by atoms with E-state index in [1.807, 2.05) is 0 Å². The van der Waals surface area contributed by atoms with E-state index in [4.69, 9.17) is 33.5 Å². The van der Waals surface area contributed by atoms with Gasteiger partial charge < -0.3 is 10.3 Å². The highest BCUT2D eigenvalue weighted by Crippen LogP contribution is 2.39. The van der Waals surface area contributed by atoms with E-state index in [-0.39, 0.29) is 11.7 Å². The van der Waals surface area contributed by atoms with Crippen LogP contribution < -0.4 is 5.73 Å². The van der Waals surface area contributed by atoms with Gasteiger partial charge in [0.2, 0.25) is 5.88 Å². The van der Waals surface area contributed by atoms with Crippen LogP contribution in [0.3, 0.4) is 0 Å². The summed E-state index contributed by atoms with van der Waals surface area (Å²) in [5.41, 5.74) is 8.14. The van der Waals surface area contributed by atoms with E-state index in [9.17, 15) is 4.39 Å². The van der Waals surface area contributed by atoms with Gasteiger partial charge in [0, 0.05) is 10.6 Å². The van der Waals surface area contributed by atoms with E-state index >= 15 is 0 Å². The van der Waals surface area contributed by atoms with Crippen molar-refractivity contribution in [3.63, 3.8) is 0 Å². The Balaban J connectivity index is 2.21. The number of anilines is 1. The first-order chi connectivity index (χ1) is 10.1. The molecule has 106 valence electrons. The lowest BCUT2D eigenvalue weighted by molar-refractivity contribution is 0.439. The molecule has 0 radical (unpaired) electrons. The lowest BCUT2D eigenvalue weighted by Crippen LogP contribution is -1.89. The van der Waals surface area contributed by atoms with Gasteiger partial charge in [-0.25, -0.2) is 4.39 Å². The monoisotopic (exact) mass is 322 g/mol. The minimum absolute atomic E-state index is 0.132. The number of hydrogen-bond acceptors (Lipinski definition) is 3. The molecule has 0 atom stereocenters. The van der Waals surface area contributed by atoms with Crippen molar-refractivity contribution in [2.45, 2.75) is 0 Å². The zero-order valence-corrected chi connectivity index (χ0v) is 12.1. The van der Waals surface area contributed by atoms with Gasteiger partial charge in [-0.2, -0.15) is 0 Å². The third-order valence-electron chi connectivity index (χ3n) is 3.03. The van der Waals surface area contributed by atoms with Crippen molar-refractivity contribution in [3.8, 4) is 22.4 Å². The Hall–Kier alpha value is -2.04. The van der Waals surface area contributed by atoms with Crippen LogP contribution in [0.2, 0.25) is 10.0 Å². The number of nitrogen functional groups attached to an aromatic ring is 1. The minimum atomic E-state index is -0.337. The number of aromatic nitrogens is 1. The Morgan fingerprint density at radius 3 is 2.48 bits per heavy atom. The van der Waals surface area contributed by atoms with E-state index in [1.165, 1.54) is 12.1 Å². The molecule has 0 saturated carbocycles. The molecule has 2 N–H and O–H groups in total. The van der Waals surface area contributed by atoms with E-state index in [0.29, 0.717) is 32.4 Å². The Morgan fingerprint density at radius 2 is 1.76 bits per heavy atom. The zero-order valence-electron chi connectivity index (χ0n) is 10.6. The van der Waals surface area contributed by atoms with Gasteiger partial charge in [-0.15, -0.1) is 0 Å². The molecular weight excluding hydrogens is 314 g/mol. The number of nitrogens with zero attached hydrogens (tertiary/aromatic N) is 1. The third kappa shape index (κ3) is 2.60. The smallest absolute Gasteiger partial charge is 0.230 e. The van der Waals surface area contributed by atoms with Crippen LogP contribution in [0.1, 0.15) is 0 Å². The largest absolute Gasteiger partial charge is 0.367 e. The van der Waals surface area contributed by atoms with Gasteiger partial charge in [0.25, 0.3) is 0 Å². The number of rotatable bonds is 2. The summed E-state index contributed by atoms with van der Waals surface area (Å²) in [6, 6.07) is 10.9. The molecule has 21 heavy (non-hydrogen) atoms. The van der Waals surface area contributed by atoms with E-state index in [1.54, 1.807) is 30.3 Å². The number of hydrogen-bond donors (Lipinski definition) is 1. The second-order valence-electron chi connectivity index (χ2n) is 4.40. The maximum Gasteiger partial charge on any atom is 0.230 e. The molecule has 0 aliphatic heterocycles. The van der Waals surface area contributed by atoms with Crippen molar-refractivity contribution in [2.75, 3.05) is 5.73 Å². The highest BCUT2D eigenvalue weighted by Gasteiger charge is 2.19. The number of halogens is 3. The summed E-state index contributed by atoms with van der Waals surface area (Å²) in [4.78, 5) is 0. The molecule has 1 aromatic heterocycles. The van der Waals surface area contributed by atoms with Crippen molar-refractivity contribution < 1.29 is 8.91 Å². The number of nitrogens with two attached hydrogens (primary N) is 1. The zero-order chi connectivity index (χ0) is 15.0. The molecule has 3 aromatic rings. The second-order valence-corrected chi connectivity index (χ2v) is 5.25. The molecular formula is C15H9Cl2FN2O. The normalized spacial score (nSPS) is 10.8. The van der Waals surface area contributed by atoms with Gasteiger partial charge in [0.15, 0.2) is 0 Å². The molecule has 0 saturated heterocycles. The minimum Gasteiger partial charge on any atom is -0.367 e. The summed E-state index contributed by atoms with van der Waals surface area (Å²) in [6.45, 7) is 0. The molecule has 3 rings (SSSR count). The van der Waals surface area contributed by atoms with E-state index in [2.05, 4.69) is 5.16 Å². The fourth-order valence-electron chi connectivity index (χ4n) is 2.06. The molecule has 2 aromatic carbocycles. The van der Waals surface area contributed by atoms with Crippen LogP contribution in [0.25, 0.3) is 22.4 Å². The predicted molar refractivity (Wildman–Crippen MR) is 81.8 cm³/mol. The fourth-order valence-corrected chi connectivity index (χ4v) is 2.44. The van der Waals surface area contributed by atoms with Gasteiger partial charge >= 0.3 is 0 Å². The highest BCUT2D eigenvalue weighted by molar-refractivity contribution is 6.35. The van der Waals surface area contributed by atoms with Crippen molar-refractivity contribution in [3.05, 3.63) is 58.3 Å². The first kappa shape index (κ1) is 13.9.